The first kappa shape index (κ1) is 19.3. The van der Waals surface area contributed by atoms with Crippen LogP contribution in [0, 0.1) is 0 Å². The monoisotopic (exact) mass is 415 g/mol. The van der Waals surface area contributed by atoms with Crippen LogP contribution in [0.15, 0.2) is 0 Å². The summed E-state index contributed by atoms with van der Waals surface area (Å²) in [5.74, 6) is -0.263. The molecule has 0 saturated heterocycles. The van der Waals surface area contributed by atoms with Crippen molar-refractivity contribution in [3.8, 4) is 0 Å². The van der Waals surface area contributed by atoms with Gasteiger partial charge in [0.2, 0.25) is 10.0 Å². The van der Waals surface area contributed by atoms with E-state index in [-0.39, 0.29) is 5.91 Å². The van der Waals surface area contributed by atoms with Gasteiger partial charge >= 0.3 is 0 Å². The van der Waals surface area contributed by atoms with Gasteiger partial charge in [0.25, 0.3) is 5.91 Å². The van der Waals surface area contributed by atoms with Gasteiger partial charge in [0.05, 0.1) is 16.6 Å². The Bertz CT molecular complexity index is 904. The van der Waals surface area contributed by atoms with Gasteiger partial charge in [-0.3, -0.25) is 10.1 Å². The summed E-state index contributed by atoms with van der Waals surface area (Å²) in [4.78, 5) is 18.3. The average molecular weight is 416 g/mol. The van der Waals surface area contributed by atoms with Crippen LogP contribution in [-0.2, 0) is 29.4 Å². The van der Waals surface area contributed by atoms with Crippen molar-refractivity contribution in [2.24, 2.45) is 0 Å². The van der Waals surface area contributed by atoms with Crippen molar-refractivity contribution < 1.29 is 13.2 Å². The normalized spacial score (nSPS) is 15.2. The Morgan fingerprint density at radius 3 is 2.85 bits per heavy atom. The molecule has 1 N–H and O–H groups in total. The van der Waals surface area contributed by atoms with Crippen molar-refractivity contribution in [1.82, 2.24) is 18.9 Å². The number of thiazole rings is 1. The second kappa shape index (κ2) is 7.67. The van der Waals surface area contributed by atoms with Crippen LogP contribution in [0.5, 0.6) is 0 Å². The molecule has 1 aliphatic rings. The molecule has 0 fully saturated rings. The van der Waals surface area contributed by atoms with Gasteiger partial charge < -0.3 is 0 Å². The van der Waals surface area contributed by atoms with E-state index in [1.54, 1.807) is 13.8 Å². The summed E-state index contributed by atoms with van der Waals surface area (Å²) < 4.78 is 30.1. The molecule has 0 radical (unpaired) electrons. The molecule has 0 aromatic carbocycles. The van der Waals surface area contributed by atoms with Crippen molar-refractivity contribution >= 4 is 43.9 Å². The Balaban J connectivity index is 1.74. The molecule has 3 heterocycles. The van der Waals surface area contributed by atoms with E-state index in [2.05, 4.69) is 19.9 Å². The van der Waals surface area contributed by atoms with Crippen LogP contribution in [0.3, 0.4) is 0 Å². The highest BCUT2D eigenvalue weighted by Gasteiger charge is 2.31. The number of rotatable bonds is 6. The zero-order valence-corrected chi connectivity index (χ0v) is 17.3. The fourth-order valence-corrected chi connectivity index (χ4v) is 5.63. The number of sulfonamides is 1. The van der Waals surface area contributed by atoms with E-state index in [4.69, 9.17) is 0 Å². The third-order valence-corrected chi connectivity index (χ3v) is 8.11. The fraction of sp³-hybridized carbons (Fsp3) is 0.600. The topological polar surface area (TPSA) is 105 Å². The highest BCUT2D eigenvalue weighted by molar-refractivity contribution is 7.89. The first-order valence-electron chi connectivity index (χ1n) is 8.43. The van der Waals surface area contributed by atoms with E-state index >= 15 is 0 Å². The lowest BCUT2D eigenvalue weighted by Gasteiger charge is -2.26. The van der Waals surface area contributed by atoms with E-state index < -0.39 is 15.3 Å². The van der Waals surface area contributed by atoms with Crippen molar-refractivity contribution in [3.63, 3.8) is 0 Å². The Kier molecular flexibility index (Phi) is 5.70. The van der Waals surface area contributed by atoms with E-state index in [9.17, 15) is 13.2 Å². The molecule has 142 valence electrons. The molecular formula is C15H21N5O3S3. The van der Waals surface area contributed by atoms with E-state index in [1.807, 2.05) is 6.92 Å². The van der Waals surface area contributed by atoms with Crippen molar-refractivity contribution in [3.05, 3.63) is 21.1 Å². The zero-order chi connectivity index (χ0) is 18.9. The number of aromatic nitrogens is 3. The molecular weight excluding hydrogens is 394 g/mol. The fourth-order valence-electron chi connectivity index (χ4n) is 2.68. The first-order valence-corrected chi connectivity index (χ1v) is 11.5. The number of aryl methyl sites for hydroxylation is 1. The molecule has 2 aromatic rings. The summed E-state index contributed by atoms with van der Waals surface area (Å²) in [5.41, 5.74) is 1.56. The molecule has 0 atom stereocenters. The maximum atomic E-state index is 12.5. The number of nitrogens with one attached hydrogen (secondary N) is 1. The third-order valence-electron chi connectivity index (χ3n) is 4.12. The van der Waals surface area contributed by atoms with Crippen LogP contribution >= 0.6 is 22.9 Å². The molecule has 26 heavy (non-hydrogen) atoms. The van der Waals surface area contributed by atoms with Crippen LogP contribution < -0.4 is 5.32 Å². The maximum absolute atomic E-state index is 12.5. The molecule has 0 spiro atoms. The maximum Gasteiger partial charge on any atom is 0.271 e. The van der Waals surface area contributed by atoms with E-state index in [1.165, 1.54) is 15.6 Å². The average Bonchev–Trinajstić information content (AvgIpc) is 3.20. The van der Waals surface area contributed by atoms with Crippen LogP contribution in [0.4, 0.5) is 5.13 Å². The van der Waals surface area contributed by atoms with Gasteiger partial charge in [-0.1, -0.05) is 17.8 Å². The summed E-state index contributed by atoms with van der Waals surface area (Å²) in [6.45, 7) is 6.11. The number of carbonyl (C=O) groups is 1. The number of hydrogen-bond acceptors (Lipinski definition) is 8. The molecule has 11 heteroatoms. The second-order valence-corrected chi connectivity index (χ2v) is 10.6. The summed E-state index contributed by atoms with van der Waals surface area (Å²) in [6, 6.07) is 0. The van der Waals surface area contributed by atoms with Gasteiger partial charge in [0, 0.05) is 24.4 Å². The van der Waals surface area contributed by atoms with Gasteiger partial charge in [-0.2, -0.15) is 4.31 Å². The second-order valence-electron chi connectivity index (χ2n) is 6.32. The molecule has 2 aromatic heterocycles. The largest absolute Gasteiger partial charge is 0.297 e. The van der Waals surface area contributed by atoms with Crippen molar-refractivity contribution in [1.29, 1.82) is 0 Å². The summed E-state index contributed by atoms with van der Waals surface area (Å²) >= 11 is 2.40. The SMILES string of the molecule is CCCc1nnsc1C(=O)Nc1nc2c(s1)CN(S(=O)(=O)C(C)C)CC2. The lowest BCUT2D eigenvalue weighted by atomic mass is 10.2. The number of carbonyl (C=O) groups excluding carboxylic acids is 1. The first-order chi connectivity index (χ1) is 12.3. The summed E-state index contributed by atoms with van der Waals surface area (Å²) in [7, 11) is -3.29. The molecule has 3 rings (SSSR count). The van der Waals surface area contributed by atoms with Crippen LogP contribution in [0.25, 0.3) is 0 Å². The van der Waals surface area contributed by atoms with Gasteiger partial charge in [-0.25, -0.2) is 13.4 Å². The number of nitrogens with zero attached hydrogens (tertiary/aromatic N) is 4. The molecule has 0 aliphatic carbocycles. The van der Waals surface area contributed by atoms with Gasteiger partial charge in [0.15, 0.2) is 5.13 Å². The lowest BCUT2D eigenvalue weighted by Crippen LogP contribution is -2.39. The molecule has 8 nitrogen and oxygen atoms in total. The molecule has 0 unspecified atom stereocenters. The van der Waals surface area contributed by atoms with Crippen molar-refractivity contribution in [2.75, 3.05) is 11.9 Å². The number of hydrogen-bond donors (Lipinski definition) is 1. The molecule has 1 amide bonds. The molecule has 0 bridgehead atoms. The van der Waals surface area contributed by atoms with Crippen LogP contribution in [0.2, 0.25) is 0 Å². The minimum absolute atomic E-state index is 0.263. The molecule has 1 aliphatic heterocycles. The lowest BCUT2D eigenvalue weighted by molar-refractivity contribution is 0.102. The minimum atomic E-state index is -3.29. The Hall–Kier alpha value is -1.43. The smallest absolute Gasteiger partial charge is 0.271 e. The van der Waals surface area contributed by atoms with Crippen LogP contribution in [-0.4, -0.2) is 45.0 Å². The molecule has 0 saturated carbocycles. The predicted molar refractivity (Wildman–Crippen MR) is 102 cm³/mol. The Morgan fingerprint density at radius 1 is 1.38 bits per heavy atom. The summed E-state index contributed by atoms with van der Waals surface area (Å²) in [6.07, 6.45) is 2.14. The van der Waals surface area contributed by atoms with Crippen molar-refractivity contribution in [2.45, 2.75) is 51.8 Å². The quantitative estimate of drug-likeness (QED) is 0.776. The minimum Gasteiger partial charge on any atom is -0.297 e. The van der Waals surface area contributed by atoms with Gasteiger partial charge in [-0.05, 0) is 31.8 Å². The number of anilines is 1. The Morgan fingerprint density at radius 2 is 2.15 bits per heavy atom. The van der Waals surface area contributed by atoms with Gasteiger partial charge in [-0.15, -0.1) is 16.4 Å². The third kappa shape index (κ3) is 3.80. The van der Waals surface area contributed by atoms with E-state index in [0.29, 0.717) is 41.6 Å². The standard InChI is InChI=1S/C15H21N5O3S3/c1-4-5-11-13(25-19-18-11)14(21)17-15-16-10-6-7-20(8-12(10)24-15)26(22,23)9(2)3/h9H,4-8H2,1-3H3,(H,16,17,21). The number of fused-ring (bicyclic) bond motifs is 1. The van der Waals surface area contributed by atoms with E-state index in [0.717, 1.165) is 28.5 Å². The predicted octanol–water partition coefficient (Wildman–Crippen LogP) is 2.30. The van der Waals surface area contributed by atoms with Crippen LogP contribution in [0.1, 0.15) is 53.1 Å². The highest BCUT2D eigenvalue weighted by atomic mass is 32.2. The Labute approximate surface area is 160 Å². The number of amides is 1. The highest BCUT2D eigenvalue weighted by Crippen LogP contribution is 2.30. The zero-order valence-electron chi connectivity index (χ0n) is 14.9. The van der Waals surface area contributed by atoms with Gasteiger partial charge in [0.1, 0.15) is 4.88 Å². The summed E-state index contributed by atoms with van der Waals surface area (Å²) in [5, 5.41) is 6.85.